The summed E-state index contributed by atoms with van der Waals surface area (Å²) in [6, 6.07) is 0. The molecule has 0 saturated heterocycles. The molecule has 1 saturated carbocycles. The normalized spacial score (nSPS) is 24.4. The lowest BCUT2D eigenvalue weighted by atomic mass is 10.1. The summed E-state index contributed by atoms with van der Waals surface area (Å²) in [4.78, 5) is 22.6. The molecule has 4 nitrogen and oxygen atoms in total. The molecular formula is C14H24O4. The van der Waals surface area contributed by atoms with Gasteiger partial charge in [-0.05, 0) is 11.8 Å². The lowest BCUT2D eigenvalue weighted by Crippen LogP contribution is -2.12. The molecule has 4 heteroatoms. The van der Waals surface area contributed by atoms with Gasteiger partial charge < -0.3 is 9.47 Å². The fourth-order valence-corrected chi connectivity index (χ4v) is 2.34. The van der Waals surface area contributed by atoms with Crippen LogP contribution in [0.2, 0.25) is 0 Å². The van der Waals surface area contributed by atoms with Crippen LogP contribution in [0.15, 0.2) is 0 Å². The van der Waals surface area contributed by atoms with Gasteiger partial charge in [-0.3, -0.25) is 9.59 Å². The summed E-state index contributed by atoms with van der Waals surface area (Å²) >= 11 is 0. The quantitative estimate of drug-likeness (QED) is 0.519. The zero-order chi connectivity index (χ0) is 13.8. The smallest absolute Gasteiger partial charge is 0.309 e. The van der Waals surface area contributed by atoms with E-state index in [2.05, 4.69) is 6.92 Å². The zero-order valence-corrected chi connectivity index (χ0v) is 11.8. The monoisotopic (exact) mass is 256 g/mol. The van der Waals surface area contributed by atoms with Gasteiger partial charge >= 0.3 is 11.9 Å². The minimum absolute atomic E-state index is 0.0973. The van der Waals surface area contributed by atoms with E-state index in [-0.39, 0.29) is 29.2 Å². The Kier molecular flexibility index (Phi) is 5.17. The number of esters is 2. The van der Waals surface area contributed by atoms with E-state index in [9.17, 15) is 9.59 Å². The van der Waals surface area contributed by atoms with Crippen LogP contribution in [0.25, 0.3) is 0 Å². The highest BCUT2D eigenvalue weighted by Gasteiger charge is 2.63. The number of unbranched alkanes of at least 4 members (excludes halogenated alkanes) is 2. The third-order valence-corrected chi connectivity index (χ3v) is 3.76. The Morgan fingerprint density at radius 3 is 2.39 bits per heavy atom. The molecule has 0 aliphatic heterocycles. The fourth-order valence-electron chi connectivity index (χ4n) is 2.34. The SMILES string of the molecule is CCCCCOC(=O)C1C(COC(C)=O)C1(C)C. The number of carbonyl (C=O) groups is 2. The van der Waals surface area contributed by atoms with Gasteiger partial charge in [-0.1, -0.05) is 33.6 Å². The van der Waals surface area contributed by atoms with Gasteiger partial charge in [-0.15, -0.1) is 0 Å². The minimum Gasteiger partial charge on any atom is -0.466 e. The Bertz CT molecular complexity index is 309. The van der Waals surface area contributed by atoms with Gasteiger partial charge in [0, 0.05) is 12.8 Å². The first-order valence-electron chi connectivity index (χ1n) is 6.71. The van der Waals surface area contributed by atoms with Crippen LogP contribution in [0.4, 0.5) is 0 Å². The van der Waals surface area contributed by atoms with Gasteiger partial charge in [-0.25, -0.2) is 0 Å². The average Bonchev–Trinajstić information content (AvgIpc) is 2.83. The van der Waals surface area contributed by atoms with E-state index in [1.165, 1.54) is 6.92 Å². The number of carbonyl (C=O) groups excluding carboxylic acids is 2. The molecular weight excluding hydrogens is 232 g/mol. The lowest BCUT2D eigenvalue weighted by Gasteiger charge is -2.04. The highest BCUT2D eigenvalue weighted by Crippen LogP contribution is 2.58. The van der Waals surface area contributed by atoms with Gasteiger partial charge in [0.2, 0.25) is 0 Å². The molecule has 0 radical (unpaired) electrons. The van der Waals surface area contributed by atoms with Crippen LogP contribution in [0.1, 0.15) is 47.0 Å². The first-order valence-corrected chi connectivity index (χ1v) is 6.71. The number of hydrogen-bond donors (Lipinski definition) is 0. The van der Waals surface area contributed by atoms with Crippen molar-refractivity contribution in [2.75, 3.05) is 13.2 Å². The van der Waals surface area contributed by atoms with Crippen LogP contribution in [0.3, 0.4) is 0 Å². The van der Waals surface area contributed by atoms with Gasteiger partial charge in [0.25, 0.3) is 0 Å². The van der Waals surface area contributed by atoms with E-state index in [1.807, 2.05) is 13.8 Å². The van der Waals surface area contributed by atoms with Crippen LogP contribution in [-0.4, -0.2) is 25.2 Å². The molecule has 0 spiro atoms. The summed E-state index contributed by atoms with van der Waals surface area (Å²) in [5, 5.41) is 0. The van der Waals surface area contributed by atoms with E-state index in [0.717, 1.165) is 19.3 Å². The van der Waals surface area contributed by atoms with Crippen molar-refractivity contribution >= 4 is 11.9 Å². The molecule has 0 aromatic carbocycles. The van der Waals surface area contributed by atoms with E-state index in [1.54, 1.807) is 0 Å². The van der Waals surface area contributed by atoms with Crippen LogP contribution in [0, 0.1) is 17.3 Å². The van der Waals surface area contributed by atoms with Crippen LogP contribution in [-0.2, 0) is 19.1 Å². The van der Waals surface area contributed by atoms with Crippen molar-refractivity contribution in [1.82, 2.24) is 0 Å². The van der Waals surface area contributed by atoms with Crippen molar-refractivity contribution in [3.05, 3.63) is 0 Å². The minimum atomic E-state index is -0.298. The molecule has 1 aliphatic carbocycles. The second-order valence-electron chi connectivity index (χ2n) is 5.58. The summed E-state index contributed by atoms with van der Waals surface area (Å²) in [7, 11) is 0. The van der Waals surface area contributed by atoms with Crippen molar-refractivity contribution in [2.24, 2.45) is 17.3 Å². The fraction of sp³-hybridized carbons (Fsp3) is 0.857. The zero-order valence-electron chi connectivity index (χ0n) is 11.8. The Morgan fingerprint density at radius 2 is 1.83 bits per heavy atom. The average molecular weight is 256 g/mol. The lowest BCUT2D eigenvalue weighted by molar-refractivity contribution is -0.148. The van der Waals surface area contributed by atoms with Gasteiger partial charge in [0.05, 0.1) is 19.1 Å². The van der Waals surface area contributed by atoms with Crippen LogP contribution < -0.4 is 0 Å². The maximum Gasteiger partial charge on any atom is 0.309 e. The molecule has 0 aromatic rings. The maximum absolute atomic E-state index is 11.9. The third-order valence-electron chi connectivity index (χ3n) is 3.76. The molecule has 1 aliphatic rings. The largest absolute Gasteiger partial charge is 0.466 e. The molecule has 0 amide bonds. The molecule has 2 unspecified atom stereocenters. The summed E-state index contributed by atoms with van der Waals surface area (Å²) in [5.74, 6) is -0.473. The predicted octanol–water partition coefficient (Wildman–Crippen LogP) is 2.56. The summed E-state index contributed by atoms with van der Waals surface area (Å²) in [6.07, 6.45) is 3.11. The second-order valence-corrected chi connectivity index (χ2v) is 5.58. The number of rotatable bonds is 7. The first kappa shape index (κ1) is 15.0. The van der Waals surface area contributed by atoms with Gasteiger partial charge in [0.15, 0.2) is 0 Å². The van der Waals surface area contributed by atoms with Crippen molar-refractivity contribution in [1.29, 1.82) is 0 Å². The topological polar surface area (TPSA) is 52.6 Å². The Labute approximate surface area is 109 Å². The Morgan fingerprint density at radius 1 is 1.17 bits per heavy atom. The first-order chi connectivity index (χ1) is 8.41. The highest BCUT2D eigenvalue weighted by molar-refractivity contribution is 5.77. The second kappa shape index (κ2) is 6.21. The van der Waals surface area contributed by atoms with Crippen molar-refractivity contribution in [3.63, 3.8) is 0 Å². The molecule has 1 rings (SSSR count). The molecule has 104 valence electrons. The standard InChI is InChI=1S/C14H24O4/c1-5-6-7-8-17-13(16)12-11(14(12,3)4)9-18-10(2)15/h11-12H,5-9H2,1-4H3. The van der Waals surface area contributed by atoms with E-state index >= 15 is 0 Å². The maximum atomic E-state index is 11.9. The van der Waals surface area contributed by atoms with Crippen LogP contribution >= 0.6 is 0 Å². The molecule has 0 bridgehead atoms. The molecule has 0 aromatic heterocycles. The Balaban J connectivity index is 2.32. The molecule has 18 heavy (non-hydrogen) atoms. The van der Waals surface area contributed by atoms with Gasteiger partial charge in [0.1, 0.15) is 0 Å². The third kappa shape index (κ3) is 3.72. The van der Waals surface area contributed by atoms with E-state index in [4.69, 9.17) is 9.47 Å². The summed E-state index contributed by atoms with van der Waals surface area (Å²) < 4.78 is 10.2. The molecule has 0 N–H and O–H groups in total. The number of ether oxygens (including phenoxy) is 2. The molecule has 2 atom stereocenters. The molecule has 0 heterocycles. The van der Waals surface area contributed by atoms with Crippen molar-refractivity contribution in [3.8, 4) is 0 Å². The highest BCUT2D eigenvalue weighted by atomic mass is 16.5. The number of hydrogen-bond acceptors (Lipinski definition) is 4. The van der Waals surface area contributed by atoms with E-state index in [0.29, 0.717) is 13.2 Å². The van der Waals surface area contributed by atoms with E-state index < -0.39 is 0 Å². The molecule has 1 fully saturated rings. The van der Waals surface area contributed by atoms with Crippen molar-refractivity contribution in [2.45, 2.75) is 47.0 Å². The predicted molar refractivity (Wildman–Crippen MR) is 67.9 cm³/mol. The van der Waals surface area contributed by atoms with Crippen molar-refractivity contribution < 1.29 is 19.1 Å². The van der Waals surface area contributed by atoms with Crippen LogP contribution in [0.5, 0.6) is 0 Å². The Hall–Kier alpha value is -1.06. The van der Waals surface area contributed by atoms with Gasteiger partial charge in [-0.2, -0.15) is 0 Å². The summed E-state index contributed by atoms with van der Waals surface area (Å²) in [5.41, 5.74) is -0.114. The summed E-state index contributed by atoms with van der Waals surface area (Å²) in [6.45, 7) is 8.34.